The fourth-order valence-corrected chi connectivity index (χ4v) is 1.63. The van der Waals surface area contributed by atoms with Crippen molar-refractivity contribution in [2.75, 3.05) is 7.11 Å². The maximum absolute atomic E-state index is 10.6. The van der Waals surface area contributed by atoms with Crippen LogP contribution in [0.5, 0.6) is 5.75 Å². The molecule has 0 spiro atoms. The van der Waals surface area contributed by atoms with Crippen molar-refractivity contribution >= 4 is 5.91 Å². The molecule has 6 nitrogen and oxygen atoms in total. The van der Waals surface area contributed by atoms with Gasteiger partial charge in [-0.2, -0.15) is 4.98 Å². The van der Waals surface area contributed by atoms with Crippen molar-refractivity contribution in [1.82, 2.24) is 10.1 Å². The van der Waals surface area contributed by atoms with Crippen LogP contribution in [0.15, 0.2) is 28.8 Å². The summed E-state index contributed by atoms with van der Waals surface area (Å²) in [6, 6.07) is 7.38. The summed E-state index contributed by atoms with van der Waals surface area (Å²) in [4.78, 5) is 14.9. The molecule has 2 aromatic rings. The molecule has 1 heterocycles. The van der Waals surface area contributed by atoms with Gasteiger partial charge in [0.05, 0.1) is 7.11 Å². The molecule has 19 heavy (non-hydrogen) atoms. The minimum Gasteiger partial charge on any atom is -0.497 e. The molecular formula is C13H15N3O3. The first-order valence-electron chi connectivity index (χ1n) is 5.94. The van der Waals surface area contributed by atoms with Crippen LogP contribution in [0, 0.1) is 0 Å². The number of ether oxygens (including phenoxy) is 1. The van der Waals surface area contributed by atoms with Crippen LogP contribution in [-0.4, -0.2) is 23.2 Å². The molecule has 0 aliphatic heterocycles. The van der Waals surface area contributed by atoms with Crippen molar-refractivity contribution in [2.45, 2.75) is 19.3 Å². The fraction of sp³-hybridized carbons (Fsp3) is 0.308. The molecule has 0 aliphatic carbocycles. The number of aryl methyl sites for hydroxylation is 1. The molecule has 100 valence electrons. The van der Waals surface area contributed by atoms with Crippen molar-refractivity contribution in [3.05, 3.63) is 30.2 Å². The lowest BCUT2D eigenvalue weighted by Crippen LogP contribution is -2.10. The summed E-state index contributed by atoms with van der Waals surface area (Å²) >= 11 is 0. The van der Waals surface area contributed by atoms with E-state index in [4.69, 9.17) is 15.0 Å². The lowest BCUT2D eigenvalue weighted by atomic mass is 10.2. The van der Waals surface area contributed by atoms with E-state index < -0.39 is 0 Å². The maximum atomic E-state index is 10.6. The van der Waals surface area contributed by atoms with E-state index in [2.05, 4.69) is 10.1 Å². The molecular weight excluding hydrogens is 246 g/mol. The van der Waals surface area contributed by atoms with Crippen LogP contribution in [-0.2, 0) is 11.2 Å². The van der Waals surface area contributed by atoms with Crippen LogP contribution in [0.1, 0.15) is 18.7 Å². The molecule has 1 aromatic heterocycles. The number of carbonyl (C=O) groups excluding carboxylic acids is 1. The third kappa shape index (κ3) is 3.54. The van der Waals surface area contributed by atoms with Crippen LogP contribution in [0.4, 0.5) is 0 Å². The molecule has 0 bridgehead atoms. The first-order valence-corrected chi connectivity index (χ1v) is 5.94. The van der Waals surface area contributed by atoms with Gasteiger partial charge >= 0.3 is 0 Å². The second-order valence-corrected chi connectivity index (χ2v) is 4.06. The standard InChI is InChI=1S/C13H15N3O3/c1-18-10-7-5-9(6-8-10)13-15-12(19-16-13)4-2-3-11(14)17/h5-8H,2-4H2,1H3,(H2,14,17). The van der Waals surface area contributed by atoms with Gasteiger partial charge < -0.3 is 15.0 Å². The SMILES string of the molecule is COc1ccc(-c2noc(CCCC(N)=O)n2)cc1. The van der Waals surface area contributed by atoms with Gasteiger partial charge in [0.25, 0.3) is 0 Å². The van der Waals surface area contributed by atoms with Crippen molar-refractivity contribution < 1.29 is 14.1 Å². The van der Waals surface area contributed by atoms with E-state index in [1.807, 2.05) is 24.3 Å². The van der Waals surface area contributed by atoms with Gasteiger partial charge in [-0.3, -0.25) is 4.79 Å². The van der Waals surface area contributed by atoms with Crippen LogP contribution >= 0.6 is 0 Å². The summed E-state index contributed by atoms with van der Waals surface area (Å²) in [5.74, 6) is 1.48. The van der Waals surface area contributed by atoms with Gasteiger partial charge in [-0.05, 0) is 30.7 Å². The Hall–Kier alpha value is -2.37. The molecule has 1 amide bonds. The zero-order chi connectivity index (χ0) is 13.7. The predicted molar refractivity (Wildman–Crippen MR) is 68.4 cm³/mol. The monoisotopic (exact) mass is 261 g/mol. The number of hydrogen-bond acceptors (Lipinski definition) is 5. The molecule has 0 saturated heterocycles. The number of hydrogen-bond donors (Lipinski definition) is 1. The van der Waals surface area contributed by atoms with Crippen LogP contribution < -0.4 is 10.5 Å². The first-order chi connectivity index (χ1) is 9.19. The third-order valence-corrected chi connectivity index (χ3v) is 2.63. The number of nitrogens with zero attached hydrogens (tertiary/aromatic N) is 2. The van der Waals surface area contributed by atoms with E-state index in [1.54, 1.807) is 7.11 Å². The summed E-state index contributed by atoms with van der Waals surface area (Å²) < 4.78 is 10.2. The van der Waals surface area contributed by atoms with Crippen LogP contribution in [0.2, 0.25) is 0 Å². The summed E-state index contributed by atoms with van der Waals surface area (Å²) in [5, 5.41) is 3.90. The molecule has 2 rings (SSSR count). The average Bonchev–Trinajstić information content (AvgIpc) is 2.87. The van der Waals surface area contributed by atoms with Gasteiger partial charge in [0.1, 0.15) is 5.75 Å². The van der Waals surface area contributed by atoms with E-state index in [-0.39, 0.29) is 5.91 Å². The number of carbonyl (C=O) groups is 1. The zero-order valence-corrected chi connectivity index (χ0v) is 10.6. The van der Waals surface area contributed by atoms with Gasteiger partial charge in [-0.1, -0.05) is 5.16 Å². The quantitative estimate of drug-likeness (QED) is 0.851. The summed E-state index contributed by atoms with van der Waals surface area (Å²) in [5.41, 5.74) is 5.92. The van der Waals surface area contributed by atoms with Gasteiger partial charge in [-0.25, -0.2) is 0 Å². The largest absolute Gasteiger partial charge is 0.497 e. The predicted octanol–water partition coefficient (Wildman–Crippen LogP) is 1.55. The van der Waals surface area contributed by atoms with E-state index in [1.165, 1.54) is 0 Å². The molecule has 0 radical (unpaired) electrons. The lowest BCUT2D eigenvalue weighted by Gasteiger charge is -1.98. The fourth-order valence-electron chi connectivity index (χ4n) is 1.63. The first kappa shape index (κ1) is 13.1. The van der Waals surface area contributed by atoms with Gasteiger partial charge in [0.2, 0.25) is 17.6 Å². The molecule has 1 aromatic carbocycles. The Balaban J connectivity index is 2.01. The highest BCUT2D eigenvalue weighted by atomic mass is 16.5. The van der Waals surface area contributed by atoms with Gasteiger partial charge in [0, 0.05) is 18.4 Å². The van der Waals surface area contributed by atoms with Crippen LogP contribution in [0.3, 0.4) is 0 Å². The number of rotatable bonds is 6. The Morgan fingerprint density at radius 1 is 1.37 bits per heavy atom. The Bertz CT molecular complexity index is 549. The molecule has 2 N–H and O–H groups in total. The second-order valence-electron chi connectivity index (χ2n) is 4.06. The maximum Gasteiger partial charge on any atom is 0.226 e. The molecule has 0 fully saturated rings. The van der Waals surface area contributed by atoms with E-state index in [9.17, 15) is 4.79 Å². The molecule has 6 heteroatoms. The van der Waals surface area contributed by atoms with Crippen molar-refractivity contribution in [2.24, 2.45) is 5.73 Å². The number of primary amides is 1. The number of benzene rings is 1. The molecule has 0 unspecified atom stereocenters. The number of nitrogens with two attached hydrogens (primary N) is 1. The molecule has 0 aliphatic rings. The number of amides is 1. The highest BCUT2D eigenvalue weighted by Gasteiger charge is 2.09. The average molecular weight is 261 g/mol. The summed E-state index contributed by atoms with van der Waals surface area (Å²) in [7, 11) is 1.61. The van der Waals surface area contributed by atoms with Crippen molar-refractivity contribution in [1.29, 1.82) is 0 Å². The zero-order valence-electron chi connectivity index (χ0n) is 10.6. The van der Waals surface area contributed by atoms with Gasteiger partial charge in [0.15, 0.2) is 0 Å². The summed E-state index contributed by atoms with van der Waals surface area (Å²) in [6.45, 7) is 0. The van der Waals surface area contributed by atoms with Crippen LogP contribution in [0.25, 0.3) is 11.4 Å². The molecule has 0 saturated carbocycles. The Morgan fingerprint density at radius 3 is 2.74 bits per heavy atom. The Labute approximate surface area is 110 Å². The van der Waals surface area contributed by atoms with E-state index in [0.717, 1.165) is 11.3 Å². The highest BCUT2D eigenvalue weighted by molar-refractivity contribution is 5.73. The Kier molecular flexibility index (Phi) is 4.12. The number of aromatic nitrogens is 2. The van der Waals surface area contributed by atoms with Crippen molar-refractivity contribution in [3.8, 4) is 17.1 Å². The van der Waals surface area contributed by atoms with E-state index >= 15 is 0 Å². The lowest BCUT2D eigenvalue weighted by molar-refractivity contribution is -0.118. The Morgan fingerprint density at radius 2 is 2.11 bits per heavy atom. The third-order valence-electron chi connectivity index (χ3n) is 2.63. The number of methoxy groups -OCH3 is 1. The minimum absolute atomic E-state index is 0.320. The van der Waals surface area contributed by atoms with Gasteiger partial charge in [-0.15, -0.1) is 0 Å². The highest BCUT2D eigenvalue weighted by Crippen LogP contribution is 2.20. The van der Waals surface area contributed by atoms with Crippen molar-refractivity contribution in [3.63, 3.8) is 0 Å². The minimum atomic E-state index is -0.324. The molecule has 0 atom stereocenters. The second kappa shape index (κ2) is 5.99. The topological polar surface area (TPSA) is 91.2 Å². The normalized spacial score (nSPS) is 10.4. The smallest absolute Gasteiger partial charge is 0.226 e. The summed E-state index contributed by atoms with van der Waals surface area (Å²) in [6.07, 6.45) is 1.48. The van der Waals surface area contributed by atoms with E-state index in [0.29, 0.717) is 31.0 Å².